The molecule has 0 saturated carbocycles. The number of nitrogens with zero attached hydrogens (tertiary/aromatic N) is 3. The van der Waals surface area contributed by atoms with Gasteiger partial charge in [-0.25, -0.2) is 4.79 Å². The molecule has 1 aromatic heterocycles. The molecule has 1 aromatic carbocycles. The monoisotopic (exact) mass is 328 g/mol. The number of rotatable bonds is 4. The fraction of sp³-hybridized carbons (Fsp3) is 0.444. The van der Waals surface area contributed by atoms with Gasteiger partial charge in [-0.05, 0) is 25.5 Å². The van der Waals surface area contributed by atoms with Crippen molar-refractivity contribution >= 4 is 6.03 Å². The maximum Gasteiger partial charge on any atom is 0.317 e. The molecule has 3 rings (SSSR count). The first-order valence-electron chi connectivity index (χ1n) is 8.34. The van der Waals surface area contributed by atoms with Gasteiger partial charge < -0.3 is 15.0 Å². The molecule has 0 unspecified atom stereocenters. The van der Waals surface area contributed by atoms with Crippen molar-refractivity contribution in [3.8, 4) is 0 Å². The van der Waals surface area contributed by atoms with Gasteiger partial charge in [0.25, 0.3) is 0 Å². The summed E-state index contributed by atoms with van der Waals surface area (Å²) in [5, 5.41) is 7.45. The Kier molecular flexibility index (Phi) is 5.15. The Morgan fingerprint density at radius 2 is 1.92 bits per heavy atom. The molecule has 0 aliphatic carbocycles. The minimum absolute atomic E-state index is 0.0605. The quantitative estimate of drug-likeness (QED) is 0.936. The highest BCUT2D eigenvalue weighted by molar-refractivity contribution is 5.74. The second-order valence-corrected chi connectivity index (χ2v) is 6.31. The molecule has 1 aliphatic heterocycles. The predicted octanol–water partition coefficient (Wildman–Crippen LogP) is 2.25. The van der Waals surface area contributed by atoms with Crippen molar-refractivity contribution in [2.75, 3.05) is 13.1 Å². The first kappa shape index (κ1) is 16.5. The second-order valence-electron chi connectivity index (χ2n) is 6.31. The van der Waals surface area contributed by atoms with Crippen molar-refractivity contribution in [3.63, 3.8) is 0 Å². The highest BCUT2D eigenvalue weighted by atomic mass is 16.5. The number of urea groups is 1. The zero-order chi connectivity index (χ0) is 16.9. The van der Waals surface area contributed by atoms with Crippen LogP contribution in [0.1, 0.15) is 25.1 Å². The summed E-state index contributed by atoms with van der Waals surface area (Å²) in [6.45, 7) is 6.38. The third-order valence-electron chi connectivity index (χ3n) is 4.01. The van der Waals surface area contributed by atoms with Crippen LogP contribution in [0.15, 0.2) is 42.6 Å². The van der Waals surface area contributed by atoms with Crippen LogP contribution in [0.5, 0.6) is 0 Å². The van der Waals surface area contributed by atoms with Crippen LogP contribution in [0, 0.1) is 0 Å². The van der Waals surface area contributed by atoms with E-state index in [-0.39, 0.29) is 18.2 Å². The summed E-state index contributed by atoms with van der Waals surface area (Å²) in [6, 6.07) is 12.1. The number of carbonyl (C=O) groups excluding carboxylic acids is 1. The first-order valence-corrected chi connectivity index (χ1v) is 8.34. The molecule has 1 fully saturated rings. The van der Waals surface area contributed by atoms with Gasteiger partial charge in [0.1, 0.15) is 0 Å². The zero-order valence-electron chi connectivity index (χ0n) is 14.2. The minimum Gasteiger partial charge on any atom is -0.372 e. The molecule has 0 bridgehead atoms. The standard InChI is InChI=1S/C18H24N4O2/c1-14-11-21(12-15(2)24-14)18(23)19-10-17-8-9-22(20-17)13-16-6-4-3-5-7-16/h3-9,14-15H,10-13H2,1-2H3,(H,19,23)/t14-,15+. The topological polar surface area (TPSA) is 59.4 Å². The van der Waals surface area contributed by atoms with Crippen LogP contribution < -0.4 is 5.32 Å². The van der Waals surface area contributed by atoms with Gasteiger partial charge in [-0.1, -0.05) is 30.3 Å². The normalized spacial score (nSPS) is 20.8. The molecule has 2 atom stereocenters. The summed E-state index contributed by atoms with van der Waals surface area (Å²) in [7, 11) is 0. The summed E-state index contributed by atoms with van der Waals surface area (Å²) in [4.78, 5) is 14.1. The van der Waals surface area contributed by atoms with E-state index in [1.54, 1.807) is 4.90 Å². The largest absolute Gasteiger partial charge is 0.372 e. The van der Waals surface area contributed by atoms with Gasteiger partial charge in [0.05, 0.1) is 31.0 Å². The van der Waals surface area contributed by atoms with E-state index in [1.807, 2.05) is 49.0 Å². The SMILES string of the molecule is C[C@@H]1CN(C(=O)NCc2ccn(Cc3ccccc3)n2)C[C@H](C)O1. The van der Waals surface area contributed by atoms with Gasteiger partial charge in [0, 0.05) is 19.3 Å². The Morgan fingerprint density at radius 1 is 1.21 bits per heavy atom. The van der Waals surface area contributed by atoms with E-state index >= 15 is 0 Å². The highest BCUT2D eigenvalue weighted by Gasteiger charge is 2.25. The summed E-state index contributed by atoms with van der Waals surface area (Å²) in [6.07, 6.45) is 2.09. The van der Waals surface area contributed by atoms with Crippen molar-refractivity contribution < 1.29 is 9.53 Å². The van der Waals surface area contributed by atoms with E-state index < -0.39 is 0 Å². The summed E-state index contributed by atoms with van der Waals surface area (Å²) < 4.78 is 7.54. The number of morpholine rings is 1. The molecule has 6 nitrogen and oxygen atoms in total. The molecule has 1 aliphatic rings. The van der Waals surface area contributed by atoms with E-state index in [9.17, 15) is 4.79 Å². The van der Waals surface area contributed by atoms with Gasteiger partial charge >= 0.3 is 6.03 Å². The van der Waals surface area contributed by atoms with E-state index in [2.05, 4.69) is 22.5 Å². The van der Waals surface area contributed by atoms with Gasteiger partial charge in [-0.15, -0.1) is 0 Å². The van der Waals surface area contributed by atoms with Crippen molar-refractivity contribution in [1.82, 2.24) is 20.0 Å². The van der Waals surface area contributed by atoms with Crippen molar-refractivity contribution in [1.29, 1.82) is 0 Å². The third kappa shape index (κ3) is 4.35. The fourth-order valence-electron chi connectivity index (χ4n) is 2.98. The molecular formula is C18H24N4O2. The summed E-state index contributed by atoms with van der Waals surface area (Å²) in [5.41, 5.74) is 2.06. The number of aromatic nitrogens is 2. The molecule has 24 heavy (non-hydrogen) atoms. The molecule has 128 valence electrons. The van der Waals surface area contributed by atoms with E-state index in [1.165, 1.54) is 5.56 Å². The van der Waals surface area contributed by atoms with Crippen LogP contribution in [0.4, 0.5) is 4.79 Å². The molecule has 0 radical (unpaired) electrons. The van der Waals surface area contributed by atoms with Crippen LogP contribution in [-0.4, -0.2) is 46.0 Å². The number of benzene rings is 1. The maximum atomic E-state index is 12.3. The summed E-state index contributed by atoms with van der Waals surface area (Å²) >= 11 is 0. The maximum absolute atomic E-state index is 12.3. The Bertz CT molecular complexity index is 661. The predicted molar refractivity (Wildman–Crippen MR) is 91.6 cm³/mol. The van der Waals surface area contributed by atoms with Crippen molar-refractivity contribution in [2.45, 2.75) is 39.1 Å². The van der Waals surface area contributed by atoms with Gasteiger partial charge in [0.2, 0.25) is 0 Å². The smallest absolute Gasteiger partial charge is 0.317 e. The molecule has 0 spiro atoms. The third-order valence-corrected chi connectivity index (χ3v) is 4.01. The van der Waals surface area contributed by atoms with E-state index in [0.717, 1.165) is 12.2 Å². The van der Waals surface area contributed by atoms with Gasteiger partial charge in [-0.3, -0.25) is 4.68 Å². The van der Waals surface area contributed by atoms with E-state index in [0.29, 0.717) is 19.6 Å². The van der Waals surface area contributed by atoms with Crippen LogP contribution in [0.25, 0.3) is 0 Å². The second kappa shape index (κ2) is 7.49. The number of ether oxygens (including phenoxy) is 1. The Labute approximate surface area is 142 Å². The van der Waals surface area contributed by atoms with Gasteiger partial charge in [0.15, 0.2) is 0 Å². The molecule has 6 heteroatoms. The number of carbonyl (C=O) groups is 1. The molecule has 1 N–H and O–H groups in total. The molecule has 1 saturated heterocycles. The first-order chi connectivity index (χ1) is 11.6. The number of amides is 2. The lowest BCUT2D eigenvalue weighted by atomic mass is 10.2. The van der Waals surface area contributed by atoms with E-state index in [4.69, 9.17) is 4.74 Å². The number of hydrogen-bond donors (Lipinski definition) is 1. The highest BCUT2D eigenvalue weighted by Crippen LogP contribution is 2.10. The molecule has 2 heterocycles. The van der Waals surface area contributed by atoms with Crippen LogP contribution in [-0.2, 0) is 17.8 Å². The lowest BCUT2D eigenvalue weighted by Crippen LogP contribution is -2.51. The minimum atomic E-state index is -0.0605. The molecule has 2 amide bonds. The van der Waals surface area contributed by atoms with Gasteiger partial charge in [-0.2, -0.15) is 5.10 Å². The van der Waals surface area contributed by atoms with Crippen molar-refractivity contribution in [3.05, 3.63) is 53.9 Å². The average Bonchev–Trinajstić information content (AvgIpc) is 3.00. The molecule has 2 aromatic rings. The van der Waals surface area contributed by atoms with Crippen LogP contribution in [0.2, 0.25) is 0 Å². The van der Waals surface area contributed by atoms with Crippen molar-refractivity contribution in [2.24, 2.45) is 0 Å². The lowest BCUT2D eigenvalue weighted by molar-refractivity contribution is -0.0545. The number of nitrogens with one attached hydrogen (secondary N) is 1. The number of hydrogen-bond acceptors (Lipinski definition) is 3. The lowest BCUT2D eigenvalue weighted by Gasteiger charge is -2.35. The summed E-state index contributed by atoms with van der Waals surface area (Å²) in [5.74, 6) is 0. The van der Waals surface area contributed by atoms with Crippen LogP contribution in [0.3, 0.4) is 0 Å². The molecular weight excluding hydrogens is 304 g/mol. The Morgan fingerprint density at radius 3 is 2.62 bits per heavy atom. The Hall–Kier alpha value is -2.34. The average molecular weight is 328 g/mol. The fourth-order valence-corrected chi connectivity index (χ4v) is 2.98. The Balaban J connectivity index is 1.51. The zero-order valence-corrected chi connectivity index (χ0v) is 14.2. The van der Waals surface area contributed by atoms with Crippen LogP contribution >= 0.6 is 0 Å².